The highest BCUT2D eigenvalue weighted by atomic mass is 127. The van der Waals surface area contributed by atoms with Gasteiger partial charge in [0.25, 0.3) is 0 Å². The summed E-state index contributed by atoms with van der Waals surface area (Å²) in [6.45, 7) is 2.00. The SMILES string of the molecule is CC(=O)OCCCCS1=c2ccccc2=NC1.I. The van der Waals surface area contributed by atoms with Crippen molar-refractivity contribution in [2.24, 2.45) is 4.99 Å². The van der Waals surface area contributed by atoms with Gasteiger partial charge in [-0.3, -0.25) is 9.79 Å². The van der Waals surface area contributed by atoms with Crippen LogP contribution in [0, 0.1) is 4.51 Å². The maximum atomic E-state index is 10.6. The Balaban J connectivity index is 0.00000162. The molecule has 0 amide bonds. The minimum Gasteiger partial charge on any atom is -0.466 e. The molecule has 1 atom stereocenters. The maximum Gasteiger partial charge on any atom is 0.302 e. The van der Waals surface area contributed by atoms with Gasteiger partial charge in [0.1, 0.15) is 0 Å². The van der Waals surface area contributed by atoms with Gasteiger partial charge < -0.3 is 4.74 Å². The van der Waals surface area contributed by atoms with Crippen LogP contribution in [0.1, 0.15) is 19.8 Å². The van der Waals surface area contributed by atoms with Crippen LogP contribution in [0.15, 0.2) is 29.3 Å². The first-order valence-electron chi connectivity index (χ1n) is 5.85. The van der Waals surface area contributed by atoms with Crippen molar-refractivity contribution in [2.75, 3.05) is 18.2 Å². The van der Waals surface area contributed by atoms with E-state index >= 15 is 0 Å². The highest BCUT2D eigenvalue weighted by molar-refractivity contribution is 14.0. The number of para-hydroxylation sites is 1. The average molecular weight is 379 g/mol. The Labute approximate surface area is 127 Å². The lowest BCUT2D eigenvalue weighted by molar-refractivity contribution is -0.141. The van der Waals surface area contributed by atoms with Gasteiger partial charge in [-0.05, 0) is 30.7 Å². The standard InChI is InChI=1S/C13H17NO2S.HI/c1-11(15)16-8-4-5-9-17-10-14-12-6-2-3-7-13(12)17;/h2-3,6-7H,4-5,8-10H2,1H3;1H. The van der Waals surface area contributed by atoms with Crippen molar-refractivity contribution in [3.05, 3.63) is 34.1 Å². The van der Waals surface area contributed by atoms with E-state index in [4.69, 9.17) is 4.74 Å². The van der Waals surface area contributed by atoms with Crippen LogP contribution in [-0.4, -0.2) is 24.2 Å². The lowest BCUT2D eigenvalue weighted by Crippen LogP contribution is -2.01. The lowest BCUT2D eigenvalue weighted by Gasteiger charge is -2.04. The number of nitrogens with zero attached hydrogens (tertiary/aromatic N) is 1. The average Bonchev–Trinajstić information content (AvgIpc) is 2.72. The lowest BCUT2D eigenvalue weighted by atomic mass is 10.3. The fourth-order valence-corrected chi connectivity index (χ4v) is 3.85. The summed E-state index contributed by atoms with van der Waals surface area (Å²) in [6, 6.07) is 8.39. The van der Waals surface area contributed by atoms with E-state index in [-0.39, 0.29) is 40.4 Å². The van der Waals surface area contributed by atoms with Gasteiger partial charge in [-0.1, -0.05) is 12.1 Å². The van der Waals surface area contributed by atoms with Crippen LogP contribution >= 0.6 is 34.5 Å². The molecule has 0 bridgehead atoms. The van der Waals surface area contributed by atoms with E-state index in [1.165, 1.54) is 11.4 Å². The third-order valence-corrected chi connectivity index (χ3v) is 4.85. The number of carbonyl (C=O) groups is 1. The van der Waals surface area contributed by atoms with Crippen LogP contribution < -0.4 is 5.36 Å². The third-order valence-electron chi connectivity index (χ3n) is 2.66. The molecule has 1 aromatic rings. The molecule has 0 aromatic heterocycles. The zero-order chi connectivity index (χ0) is 12.1. The number of unbranched alkanes of at least 4 members (excludes halogenated alkanes) is 1. The van der Waals surface area contributed by atoms with Crippen molar-refractivity contribution in [1.82, 2.24) is 0 Å². The molecule has 18 heavy (non-hydrogen) atoms. The molecular weight excluding hydrogens is 361 g/mol. The number of esters is 1. The van der Waals surface area contributed by atoms with Crippen LogP contribution in [0.3, 0.4) is 0 Å². The quantitative estimate of drug-likeness (QED) is 0.342. The van der Waals surface area contributed by atoms with Gasteiger partial charge in [-0.15, -0.1) is 24.0 Å². The number of halogens is 1. The van der Waals surface area contributed by atoms with Crippen LogP contribution in [0.2, 0.25) is 0 Å². The first-order chi connectivity index (χ1) is 8.27. The Morgan fingerprint density at radius 2 is 2.17 bits per heavy atom. The molecule has 1 unspecified atom stereocenters. The summed E-state index contributed by atoms with van der Waals surface area (Å²) in [4.78, 5) is 15.1. The van der Waals surface area contributed by atoms with Gasteiger partial charge in [-0.2, -0.15) is 10.5 Å². The molecule has 1 aliphatic heterocycles. The van der Waals surface area contributed by atoms with Gasteiger partial charge >= 0.3 is 5.97 Å². The molecule has 1 heterocycles. The molecule has 1 aromatic carbocycles. The van der Waals surface area contributed by atoms with Crippen molar-refractivity contribution in [3.8, 4) is 0 Å². The second-order valence-corrected chi connectivity index (χ2v) is 6.09. The molecule has 5 heteroatoms. The molecule has 0 N–H and O–H groups in total. The molecule has 2 rings (SSSR count). The number of hydrogen-bond donors (Lipinski definition) is 0. The molecule has 100 valence electrons. The van der Waals surface area contributed by atoms with E-state index in [1.54, 1.807) is 0 Å². The largest absolute Gasteiger partial charge is 0.466 e. The van der Waals surface area contributed by atoms with Crippen molar-refractivity contribution in [2.45, 2.75) is 19.8 Å². The highest BCUT2D eigenvalue weighted by Gasteiger charge is 2.04. The third kappa shape index (κ3) is 4.35. The number of hydrogen-bond acceptors (Lipinski definition) is 3. The summed E-state index contributed by atoms with van der Waals surface area (Å²) in [5.74, 6) is 1.91. The number of ether oxygens (including phenoxy) is 1. The van der Waals surface area contributed by atoms with Gasteiger partial charge in [0.2, 0.25) is 0 Å². The van der Waals surface area contributed by atoms with E-state index in [0.717, 1.165) is 29.8 Å². The summed E-state index contributed by atoms with van der Waals surface area (Å²) in [5.41, 5.74) is 0. The van der Waals surface area contributed by atoms with Gasteiger partial charge in [0.05, 0.1) is 17.8 Å². The van der Waals surface area contributed by atoms with Gasteiger partial charge in [0, 0.05) is 11.4 Å². The molecule has 1 aliphatic rings. The molecular formula is C13H18INO2S. The molecule has 0 fully saturated rings. The number of fused-ring (bicyclic) bond motifs is 1. The Bertz CT molecular complexity index is 530. The smallest absolute Gasteiger partial charge is 0.302 e. The molecule has 0 spiro atoms. The van der Waals surface area contributed by atoms with E-state index < -0.39 is 0 Å². The van der Waals surface area contributed by atoms with E-state index in [9.17, 15) is 4.79 Å². The maximum absolute atomic E-state index is 10.6. The molecule has 3 nitrogen and oxygen atoms in total. The Kier molecular flexibility index (Phi) is 6.85. The van der Waals surface area contributed by atoms with Crippen LogP contribution in [-0.2, 0) is 9.53 Å². The number of carbonyl (C=O) groups excluding carboxylic acids is 1. The van der Waals surface area contributed by atoms with Crippen molar-refractivity contribution in [3.63, 3.8) is 0 Å². The summed E-state index contributed by atoms with van der Waals surface area (Å²) >= 11 is 0. The minimum atomic E-state index is -0.186. The van der Waals surface area contributed by atoms with Gasteiger partial charge in [0.15, 0.2) is 0 Å². The van der Waals surface area contributed by atoms with Crippen molar-refractivity contribution in [1.29, 1.82) is 0 Å². The zero-order valence-electron chi connectivity index (χ0n) is 10.4. The van der Waals surface area contributed by atoms with Crippen molar-refractivity contribution < 1.29 is 9.53 Å². The predicted molar refractivity (Wildman–Crippen MR) is 85.0 cm³/mol. The number of rotatable bonds is 5. The Hall–Kier alpha value is -0.430. The summed E-state index contributed by atoms with van der Waals surface area (Å²) in [6.07, 6.45) is 2.05. The molecule has 0 saturated carbocycles. The molecule has 0 saturated heterocycles. The minimum absolute atomic E-state index is 0. The van der Waals surface area contributed by atoms with Crippen LogP contribution in [0.5, 0.6) is 0 Å². The second kappa shape index (κ2) is 7.89. The number of benzene rings is 1. The fourth-order valence-electron chi connectivity index (χ4n) is 1.82. The fraction of sp³-hybridized carbons (Fsp3) is 0.462. The van der Waals surface area contributed by atoms with E-state index in [1.807, 2.05) is 6.07 Å². The first kappa shape index (κ1) is 15.6. The monoisotopic (exact) mass is 379 g/mol. The Morgan fingerprint density at radius 1 is 1.39 bits per heavy atom. The van der Waals surface area contributed by atoms with Gasteiger partial charge in [-0.25, -0.2) is 0 Å². The van der Waals surface area contributed by atoms with E-state index in [2.05, 4.69) is 23.2 Å². The normalized spacial score (nSPS) is 16.4. The summed E-state index contributed by atoms with van der Waals surface area (Å²) in [7, 11) is 0.276. The Morgan fingerprint density at radius 3 is 2.94 bits per heavy atom. The second-order valence-electron chi connectivity index (χ2n) is 4.00. The van der Waals surface area contributed by atoms with Crippen molar-refractivity contribution >= 4 is 40.4 Å². The summed E-state index contributed by atoms with van der Waals surface area (Å²) < 4.78 is 6.32. The molecule has 0 radical (unpaired) electrons. The zero-order valence-corrected chi connectivity index (χ0v) is 13.6. The first-order valence-corrected chi connectivity index (χ1v) is 7.41. The molecule has 0 aliphatic carbocycles. The van der Waals surface area contributed by atoms with Crippen LogP contribution in [0.4, 0.5) is 0 Å². The predicted octanol–water partition coefficient (Wildman–Crippen LogP) is 2.76. The highest BCUT2D eigenvalue weighted by Crippen LogP contribution is 2.21. The van der Waals surface area contributed by atoms with Crippen LogP contribution in [0.25, 0.3) is 0 Å². The topological polar surface area (TPSA) is 38.7 Å². The van der Waals surface area contributed by atoms with E-state index in [0.29, 0.717) is 6.61 Å². The summed E-state index contributed by atoms with van der Waals surface area (Å²) in [5, 5.41) is 1.16.